The van der Waals surface area contributed by atoms with Crippen LogP contribution in [0.1, 0.15) is 43.0 Å². The second kappa shape index (κ2) is 10.7. The molecule has 2 fully saturated rings. The fourth-order valence-corrected chi connectivity index (χ4v) is 5.79. The molecule has 33 heavy (non-hydrogen) atoms. The number of ether oxygens (including phenoxy) is 2. The second-order valence-electron chi connectivity index (χ2n) is 8.86. The molecule has 0 N–H and O–H groups in total. The van der Waals surface area contributed by atoms with Gasteiger partial charge in [-0.15, -0.1) is 10.2 Å². The largest absolute Gasteiger partial charge is 0.497 e. The van der Waals surface area contributed by atoms with E-state index >= 15 is 0 Å². The summed E-state index contributed by atoms with van der Waals surface area (Å²) in [6.45, 7) is 4.03. The van der Waals surface area contributed by atoms with Gasteiger partial charge in [0.15, 0.2) is 5.16 Å². The van der Waals surface area contributed by atoms with Gasteiger partial charge in [-0.2, -0.15) is 0 Å². The minimum atomic E-state index is 0.315. The summed E-state index contributed by atoms with van der Waals surface area (Å²) in [4.78, 5) is 2.55. The molecule has 0 aliphatic carbocycles. The number of methoxy groups -OCH3 is 1. The number of hydrogen-bond acceptors (Lipinski definition) is 6. The highest BCUT2D eigenvalue weighted by Gasteiger charge is 2.28. The molecule has 3 aromatic rings. The van der Waals surface area contributed by atoms with Gasteiger partial charge in [0, 0.05) is 30.9 Å². The maximum Gasteiger partial charge on any atom is 0.195 e. The first-order chi connectivity index (χ1) is 16.3. The lowest BCUT2D eigenvalue weighted by molar-refractivity contribution is 0.129. The molecule has 3 heterocycles. The third-order valence-electron chi connectivity index (χ3n) is 6.59. The van der Waals surface area contributed by atoms with Crippen molar-refractivity contribution in [2.24, 2.45) is 0 Å². The van der Waals surface area contributed by atoms with E-state index in [0.717, 1.165) is 80.1 Å². The Morgan fingerprint density at radius 2 is 1.88 bits per heavy atom. The van der Waals surface area contributed by atoms with Crippen molar-refractivity contribution in [3.05, 3.63) is 66.0 Å². The number of piperidine rings is 1. The molecular weight excluding hydrogens is 432 g/mol. The summed E-state index contributed by atoms with van der Waals surface area (Å²) < 4.78 is 13.6. The predicted octanol–water partition coefficient (Wildman–Crippen LogP) is 4.93. The van der Waals surface area contributed by atoms with E-state index in [-0.39, 0.29) is 0 Å². The van der Waals surface area contributed by atoms with Crippen molar-refractivity contribution in [3.63, 3.8) is 0 Å². The number of hydrogen-bond donors (Lipinski definition) is 0. The molecule has 2 saturated heterocycles. The highest BCUT2D eigenvalue weighted by molar-refractivity contribution is 7.99. The number of thioether (sulfide) groups is 1. The Hall–Kier alpha value is -2.35. The molecule has 7 heteroatoms. The monoisotopic (exact) mass is 464 g/mol. The lowest BCUT2D eigenvalue weighted by Gasteiger charge is -2.31. The van der Waals surface area contributed by atoms with Gasteiger partial charge in [0.25, 0.3) is 0 Å². The minimum absolute atomic E-state index is 0.315. The van der Waals surface area contributed by atoms with Gasteiger partial charge >= 0.3 is 0 Å². The van der Waals surface area contributed by atoms with Gasteiger partial charge in [-0.05, 0) is 56.5 Å². The number of rotatable bonds is 8. The van der Waals surface area contributed by atoms with Gasteiger partial charge in [-0.3, -0.25) is 9.47 Å². The molecule has 2 aromatic carbocycles. The van der Waals surface area contributed by atoms with Gasteiger partial charge in [0.1, 0.15) is 11.6 Å². The third-order valence-corrected chi connectivity index (χ3v) is 7.65. The number of likely N-dealkylation sites (tertiary alicyclic amines) is 1. The molecule has 0 bridgehead atoms. The molecule has 2 aliphatic heterocycles. The fourth-order valence-electron chi connectivity index (χ4n) is 4.77. The second-order valence-corrected chi connectivity index (χ2v) is 9.85. The van der Waals surface area contributed by atoms with Crippen LogP contribution in [0.15, 0.2) is 59.8 Å². The van der Waals surface area contributed by atoms with E-state index in [1.165, 1.54) is 5.56 Å². The van der Waals surface area contributed by atoms with Gasteiger partial charge in [0.05, 0.1) is 18.9 Å². The summed E-state index contributed by atoms with van der Waals surface area (Å²) >= 11 is 1.75. The topological polar surface area (TPSA) is 52.4 Å². The molecule has 6 nitrogen and oxygen atoms in total. The molecule has 0 saturated carbocycles. The standard InChI is InChI=1S/C26H32N4O2S/c1-31-23-10-5-9-22(17-23)30-25(27-28-26(30)33-19-24-11-6-16-32-24)21-12-14-29(15-13-21)18-20-7-3-2-4-8-20/h2-5,7-10,17,21,24H,6,11-16,18-19H2,1H3/t24-/m0/s1. The van der Waals surface area contributed by atoms with Gasteiger partial charge < -0.3 is 9.47 Å². The van der Waals surface area contributed by atoms with Crippen LogP contribution in [0.5, 0.6) is 5.75 Å². The van der Waals surface area contributed by atoms with Gasteiger partial charge in [-0.25, -0.2) is 0 Å². The molecule has 1 atom stereocenters. The first-order valence-corrected chi connectivity index (χ1v) is 12.9. The first kappa shape index (κ1) is 22.4. The van der Waals surface area contributed by atoms with E-state index in [1.807, 2.05) is 12.1 Å². The Balaban J connectivity index is 1.34. The van der Waals surface area contributed by atoms with Crippen molar-refractivity contribution in [3.8, 4) is 11.4 Å². The van der Waals surface area contributed by atoms with E-state index in [2.05, 4.69) is 57.0 Å². The van der Waals surface area contributed by atoms with Crippen LogP contribution >= 0.6 is 11.8 Å². The van der Waals surface area contributed by atoms with Crippen LogP contribution in [0.25, 0.3) is 5.69 Å². The van der Waals surface area contributed by atoms with Crippen LogP contribution in [0.2, 0.25) is 0 Å². The van der Waals surface area contributed by atoms with Crippen LogP contribution in [0.4, 0.5) is 0 Å². The lowest BCUT2D eigenvalue weighted by Crippen LogP contribution is -2.33. The maximum absolute atomic E-state index is 5.84. The van der Waals surface area contributed by atoms with Crippen LogP contribution in [0, 0.1) is 0 Å². The zero-order valence-electron chi connectivity index (χ0n) is 19.2. The Kier molecular flexibility index (Phi) is 7.29. The summed E-state index contributed by atoms with van der Waals surface area (Å²) in [6.07, 6.45) is 4.78. The van der Waals surface area contributed by atoms with Crippen LogP contribution in [-0.2, 0) is 11.3 Å². The minimum Gasteiger partial charge on any atom is -0.497 e. The molecule has 1 aromatic heterocycles. The van der Waals surface area contributed by atoms with Crippen molar-refractivity contribution in [1.82, 2.24) is 19.7 Å². The van der Waals surface area contributed by atoms with E-state index in [1.54, 1.807) is 18.9 Å². The summed E-state index contributed by atoms with van der Waals surface area (Å²) in [5.74, 6) is 3.22. The fraction of sp³-hybridized carbons (Fsp3) is 0.462. The summed E-state index contributed by atoms with van der Waals surface area (Å²) in [5.41, 5.74) is 2.44. The van der Waals surface area contributed by atoms with Crippen LogP contribution < -0.4 is 4.74 Å². The smallest absolute Gasteiger partial charge is 0.195 e. The molecule has 0 spiro atoms. The summed E-state index contributed by atoms with van der Waals surface area (Å²) in [5, 5.41) is 10.3. The predicted molar refractivity (Wildman–Crippen MR) is 131 cm³/mol. The van der Waals surface area contributed by atoms with E-state index in [0.29, 0.717) is 12.0 Å². The molecule has 174 valence electrons. The summed E-state index contributed by atoms with van der Waals surface area (Å²) in [6, 6.07) is 19.0. The van der Waals surface area contributed by atoms with Crippen molar-refractivity contribution in [2.45, 2.75) is 49.4 Å². The lowest BCUT2D eigenvalue weighted by atomic mass is 9.95. The molecule has 5 rings (SSSR count). The average Bonchev–Trinajstić information content (AvgIpc) is 3.54. The van der Waals surface area contributed by atoms with Crippen molar-refractivity contribution in [1.29, 1.82) is 0 Å². The van der Waals surface area contributed by atoms with Gasteiger partial charge in [0.2, 0.25) is 0 Å². The molecular formula is C26H32N4O2S. The van der Waals surface area contributed by atoms with E-state index in [9.17, 15) is 0 Å². The summed E-state index contributed by atoms with van der Waals surface area (Å²) in [7, 11) is 1.71. The highest BCUT2D eigenvalue weighted by atomic mass is 32.2. The normalized spacial score (nSPS) is 19.7. The number of aromatic nitrogens is 3. The zero-order valence-corrected chi connectivity index (χ0v) is 20.0. The molecule has 0 unspecified atom stereocenters. The SMILES string of the molecule is COc1cccc(-n2c(SC[C@@H]3CCCO3)nnc2C2CCN(Cc3ccccc3)CC2)c1. The molecule has 0 radical (unpaired) electrons. The Morgan fingerprint density at radius 3 is 2.64 bits per heavy atom. The van der Waals surface area contributed by atoms with E-state index in [4.69, 9.17) is 14.6 Å². The highest BCUT2D eigenvalue weighted by Crippen LogP contribution is 2.34. The Bertz CT molecular complexity index is 1030. The Morgan fingerprint density at radius 1 is 1.03 bits per heavy atom. The molecule has 2 aliphatic rings. The van der Waals surface area contributed by atoms with Crippen LogP contribution in [0.3, 0.4) is 0 Å². The first-order valence-electron chi connectivity index (χ1n) is 11.9. The maximum atomic E-state index is 5.84. The quantitative estimate of drug-likeness (QED) is 0.441. The zero-order chi connectivity index (χ0) is 22.5. The van der Waals surface area contributed by atoms with Crippen molar-refractivity contribution < 1.29 is 9.47 Å². The van der Waals surface area contributed by atoms with Gasteiger partial charge in [-0.1, -0.05) is 48.2 Å². The van der Waals surface area contributed by atoms with Crippen molar-refractivity contribution in [2.75, 3.05) is 32.6 Å². The molecule has 0 amide bonds. The third kappa shape index (κ3) is 5.42. The van der Waals surface area contributed by atoms with E-state index < -0.39 is 0 Å². The average molecular weight is 465 g/mol. The number of benzene rings is 2. The number of nitrogens with zero attached hydrogens (tertiary/aromatic N) is 4. The Labute approximate surface area is 200 Å². The van der Waals surface area contributed by atoms with Crippen LogP contribution in [-0.4, -0.2) is 58.3 Å². The van der Waals surface area contributed by atoms with Crippen molar-refractivity contribution >= 4 is 11.8 Å².